The molecule has 8 nitrogen and oxygen atoms in total. The summed E-state index contributed by atoms with van der Waals surface area (Å²) in [6, 6.07) is 0. The molecule has 0 aliphatic carbocycles. The summed E-state index contributed by atoms with van der Waals surface area (Å²) in [6.45, 7) is 0. The summed E-state index contributed by atoms with van der Waals surface area (Å²) >= 11 is 0. The molecule has 0 aliphatic rings. The van der Waals surface area contributed by atoms with Crippen molar-refractivity contribution >= 4 is 21.0 Å². The Morgan fingerprint density at radius 2 is 2.00 bits per heavy atom. The predicted octanol–water partition coefficient (Wildman–Crippen LogP) is -2.06. The minimum Gasteiger partial charge on any atom is -0.270 e. The molecule has 0 heterocycles. The average Bonchev–Trinajstić information content (AvgIpc) is 1.60. The Hall–Kier alpha value is -0.100. The van der Waals surface area contributed by atoms with Crippen molar-refractivity contribution in [2.75, 3.05) is 0 Å². The molecule has 1 radical (unpaired) electrons. The van der Waals surface area contributed by atoms with Crippen LogP contribution < -0.4 is 10.0 Å². The van der Waals surface area contributed by atoms with Crippen molar-refractivity contribution in [2.45, 2.75) is 0 Å². The van der Waals surface area contributed by atoms with Crippen molar-refractivity contribution in [3.8, 4) is 0 Å². The molecule has 0 spiro atoms. The zero-order valence-corrected chi connectivity index (χ0v) is 6.02. The fourth-order valence-corrected chi connectivity index (χ4v) is 1.34. The summed E-state index contributed by atoms with van der Waals surface area (Å²) < 4.78 is 51.2. The first-order valence-electron chi connectivity index (χ1n) is 1.66. The fourth-order valence-electron chi connectivity index (χ4n) is 0.149. The van der Waals surface area contributed by atoms with Crippen molar-refractivity contribution < 1.29 is 26.0 Å². The molecule has 1 unspecified atom stereocenters. The van der Waals surface area contributed by atoms with E-state index >= 15 is 0 Å². The molecular weight excluding hydrogens is 188 g/mol. The Morgan fingerprint density at radius 1 is 1.60 bits per heavy atom. The van der Waals surface area contributed by atoms with E-state index in [-0.39, 0.29) is 0 Å². The molecule has 4 N–H and O–H groups in total. The zero-order valence-electron chi connectivity index (χ0n) is 4.38. The van der Waals surface area contributed by atoms with Crippen LogP contribution in [0.5, 0.6) is 0 Å². The molecule has 0 aromatic rings. The molecule has 61 valence electrons. The lowest BCUT2D eigenvalue weighted by Gasteiger charge is -1.92. The summed E-state index contributed by atoms with van der Waals surface area (Å²) in [5.74, 6) is 4.09. The van der Waals surface area contributed by atoms with E-state index in [1.807, 2.05) is 0 Å². The van der Waals surface area contributed by atoms with E-state index in [9.17, 15) is 17.2 Å². The molecular formula is H4N2O6S2+. The molecule has 0 amide bonds. The molecule has 0 saturated carbocycles. The van der Waals surface area contributed by atoms with Crippen LogP contribution in [0.3, 0.4) is 0 Å². The van der Waals surface area contributed by atoms with Gasteiger partial charge in [0.15, 0.2) is 0 Å². The fraction of sp³-hybridized carbons (Fsp3) is 0. The maximum atomic E-state index is 10.0. The maximum Gasteiger partial charge on any atom is 0.509 e. The summed E-state index contributed by atoms with van der Waals surface area (Å²) in [6.07, 6.45) is 0. The summed E-state index contributed by atoms with van der Waals surface area (Å²) in [7, 11) is -9.42. The third kappa shape index (κ3) is 4.75. The molecule has 1 atom stereocenters. The van der Waals surface area contributed by atoms with Crippen LogP contribution in [0.2, 0.25) is 0 Å². The normalized spacial score (nSPS) is 18.3. The van der Waals surface area contributed by atoms with E-state index < -0.39 is 21.0 Å². The lowest BCUT2D eigenvalue weighted by molar-refractivity contribution is 0.257. The Morgan fingerprint density at radius 3 is 2.10 bits per heavy atom. The summed E-state index contributed by atoms with van der Waals surface area (Å²) in [5.41, 5.74) is 0. The minimum atomic E-state index is -4.84. The Kier molecular flexibility index (Phi) is 2.85. The van der Waals surface area contributed by atoms with Crippen LogP contribution in [-0.4, -0.2) is 13.0 Å². The second kappa shape index (κ2) is 2.87. The standard InChI is InChI=1S/H4N2O6S2/c1-8-10(6,7)2-9(3,4)5/h1H2,(H,2,6)(H,3,4,5)/q+1. The summed E-state index contributed by atoms with van der Waals surface area (Å²) in [4.78, 5) is 0. The highest BCUT2D eigenvalue weighted by atomic mass is 32.3. The van der Waals surface area contributed by atoms with Gasteiger partial charge in [0.1, 0.15) is 4.55 Å². The van der Waals surface area contributed by atoms with Gasteiger partial charge in [0.05, 0.1) is 4.13 Å². The molecule has 0 aliphatic heterocycles. The smallest absolute Gasteiger partial charge is 0.270 e. The van der Waals surface area contributed by atoms with Gasteiger partial charge in [-0.2, -0.15) is 14.3 Å². The van der Waals surface area contributed by atoms with E-state index in [4.69, 9.17) is 4.55 Å². The molecule has 0 bridgehead atoms. The highest BCUT2D eigenvalue weighted by molar-refractivity contribution is 8.03. The van der Waals surface area contributed by atoms with E-state index in [1.165, 1.54) is 0 Å². The first-order chi connectivity index (χ1) is 4.27. The topological polar surface area (TPSA) is 139 Å². The van der Waals surface area contributed by atoms with Crippen molar-refractivity contribution in [3.63, 3.8) is 0 Å². The predicted molar refractivity (Wildman–Crippen MR) is 28.7 cm³/mol. The van der Waals surface area contributed by atoms with Gasteiger partial charge in [-0.25, -0.2) is 0 Å². The first-order valence-corrected chi connectivity index (χ1v) is 4.51. The van der Waals surface area contributed by atoms with Crippen LogP contribution in [-0.2, 0) is 34.0 Å². The highest BCUT2D eigenvalue weighted by Crippen LogP contribution is 1.93. The number of hydrogen-bond donors (Lipinski definition) is 3. The highest BCUT2D eigenvalue weighted by Gasteiger charge is 2.36. The van der Waals surface area contributed by atoms with E-state index in [0.717, 1.165) is 0 Å². The van der Waals surface area contributed by atoms with Crippen LogP contribution >= 0.6 is 0 Å². The number of nitrogens with one attached hydrogen (secondary N) is 1. The first kappa shape index (κ1) is 9.90. The minimum absolute atomic E-state index is 0.698. The van der Waals surface area contributed by atoms with Crippen LogP contribution in [0.1, 0.15) is 0 Å². The van der Waals surface area contributed by atoms with Crippen LogP contribution in [0, 0.1) is 0 Å². The van der Waals surface area contributed by atoms with Gasteiger partial charge in [-0.1, -0.05) is 0 Å². The number of hydrogen-bond acceptors (Lipinski definition) is 5. The number of rotatable bonds is 3. The van der Waals surface area contributed by atoms with Crippen molar-refractivity contribution in [1.82, 2.24) is 4.13 Å². The monoisotopic (exact) mass is 192 g/mol. The molecule has 0 fully saturated rings. The van der Waals surface area contributed by atoms with E-state index in [1.54, 1.807) is 0 Å². The van der Waals surface area contributed by atoms with Gasteiger partial charge in [0.2, 0.25) is 0 Å². The number of nitrogens with two attached hydrogens (primary N) is 1. The van der Waals surface area contributed by atoms with Crippen LogP contribution in [0.15, 0.2) is 0 Å². The van der Waals surface area contributed by atoms with Crippen LogP contribution in [0.25, 0.3) is 0 Å². The van der Waals surface area contributed by atoms with Gasteiger partial charge < -0.3 is 0 Å². The molecule has 10 heteroatoms. The molecule has 0 aromatic heterocycles. The van der Waals surface area contributed by atoms with Crippen molar-refractivity contribution in [2.24, 2.45) is 5.90 Å². The van der Waals surface area contributed by atoms with Gasteiger partial charge in [0.25, 0.3) is 0 Å². The largest absolute Gasteiger partial charge is 0.509 e. The molecule has 0 saturated heterocycles. The molecule has 0 rings (SSSR count). The zero-order chi connectivity index (χ0) is 8.41. The Balaban J connectivity index is 4.32. The third-order valence-electron chi connectivity index (χ3n) is 0.334. The van der Waals surface area contributed by atoms with Gasteiger partial charge in [-0.3, -0.25) is 4.55 Å². The lowest BCUT2D eigenvalue weighted by atomic mass is 13.6. The third-order valence-corrected chi connectivity index (χ3v) is 2.25. The second-order valence-electron chi connectivity index (χ2n) is 1.11. The Labute approximate surface area is 57.8 Å². The van der Waals surface area contributed by atoms with Crippen molar-refractivity contribution in [1.29, 1.82) is 0 Å². The SMILES string of the molecule is NO[S+]([O])(=O)NS(=O)(=O)O. The van der Waals surface area contributed by atoms with Crippen molar-refractivity contribution in [3.05, 3.63) is 0 Å². The van der Waals surface area contributed by atoms with E-state index in [0.29, 0.717) is 4.13 Å². The van der Waals surface area contributed by atoms with Gasteiger partial charge in [-0.15, -0.1) is 0 Å². The average molecular weight is 192 g/mol. The molecule has 0 aromatic carbocycles. The van der Waals surface area contributed by atoms with E-state index in [2.05, 4.69) is 10.2 Å². The quantitative estimate of drug-likeness (QED) is 0.267. The molecule has 10 heavy (non-hydrogen) atoms. The van der Waals surface area contributed by atoms with Gasteiger partial charge >= 0.3 is 21.0 Å². The maximum absolute atomic E-state index is 10.0. The summed E-state index contributed by atoms with van der Waals surface area (Å²) in [5, 5.41) is 0. The lowest BCUT2D eigenvalue weighted by Crippen LogP contribution is -2.37. The van der Waals surface area contributed by atoms with Crippen LogP contribution in [0.4, 0.5) is 0 Å². The Bertz CT molecular complexity index is 238. The van der Waals surface area contributed by atoms with Gasteiger partial charge in [-0.05, 0) is 4.28 Å². The van der Waals surface area contributed by atoms with Gasteiger partial charge in [0, 0.05) is 4.21 Å². The second-order valence-corrected chi connectivity index (χ2v) is 3.83.